The molecule has 0 aliphatic rings. The van der Waals surface area contributed by atoms with Crippen molar-refractivity contribution in [3.8, 4) is 0 Å². The van der Waals surface area contributed by atoms with Crippen molar-refractivity contribution in [2.75, 3.05) is 18.1 Å². The molecule has 0 aliphatic carbocycles. The molecule has 1 rings (SSSR count). The van der Waals surface area contributed by atoms with Crippen LogP contribution >= 0.6 is 0 Å². The van der Waals surface area contributed by atoms with E-state index < -0.39 is 0 Å². The quantitative estimate of drug-likeness (QED) is 0.775. The second-order valence-corrected chi connectivity index (χ2v) is 3.77. The highest BCUT2D eigenvalue weighted by Gasteiger charge is 2.14. The van der Waals surface area contributed by atoms with Gasteiger partial charge in [0.05, 0.1) is 12.6 Å². The van der Waals surface area contributed by atoms with Crippen LogP contribution in [0, 0.1) is 0 Å². The Bertz CT molecular complexity index is 256. The van der Waals surface area contributed by atoms with E-state index in [-0.39, 0.29) is 12.6 Å². The fourth-order valence-electron chi connectivity index (χ4n) is 1.83. The van der Waals surface area contributed by atoms with Crippen molar-refractivity contribution in [2.45, 2.75) is 32.7 Å². The van der Waals surface area contributed by atoms with Crippen molar-refractivity contribution in [3.05, 3.63) is 30.3 Å². The molecule has 2 heteroatoms. The van der Waals surface area contributed by atoms with Gasteiger partial charge in [0, 0.05) is 12.2 Å². The average Bonchev–Trinajstić information content (AvgIpc) is 2.30. The summed E-state index contributed by atoms with van der Waals surface area (Å²) in [4.78, 5) is 2.29. The molecule has 0 aliphatic heterocycles. The number of hydrogen-bond acceptors (Lipinski definition) is 2. The van der Waals surface area contributed by atoms with Crippen molar-refractivity contribution in [2.24, 2.45) is 0 Å². The summed E-state index contributed by atoms with van der Waals surface area (Å²) in [5.41, 5.74) is 1.21. The standard InChI is InChI=1S/C13H21NO/c1-3-10-14(12(4-2)11-15)13-8-6-5-7-9-13/h5-9,12,15H,3-4,10-11H2,1-2H3. The zero-order valence-corrected chi connectivity index (χ0v) is 9.69. The highest BCUT2D eigenvalue weighted by molar-refractivity contribution is 5.47. The minimum atomic E-state index is 0.228. The van der Waals surface area contributed by atoms with E-state index in [0.29, 0.717) is 0 Å². The van der Waals surface area contributed by atoms with Crippen LogP contribution in [0.15, 0.2) is 30.3 Å². The van der Waals surface area contributed by atoms with Gasteiger partial charge in [-0.3, -0.25) is 0 Å². The fourth-order valence-corrected chi connectivity index (χ4v) is 1.83. The molecule has 0 saturated heterocycles. The summed E-state index contributed by atoms with van der Waals surface area (Å²) in [5.74, 6) is 0. The highest BCUT2D eigenvalue weighted by atomic mass is 16.3. The Balaban J connectivity index is 2.81. The molecule has 1 aromatic carbocycles. The topological polar surface area (TPSA) is 23.5 Å². The normalized spacial score (nSPS) is 12.5. The van der Waals surface area contributed by atoms with Crippen LogP contribution in [0.4, 0.5) is 5.69 Å². The Morgan fingerprint density at radius 3 is 2.33 bits per heavy atom. The third-order valence-corrected chi connectivity index (χ3v) is 2.68. The molecule has 84 valence electrons. The second kappa shape index (κ2) is 6.46. The first-order chi connectivity index (χ1) is 7.33. The molecule has 1 N–H and O–H groups in total. The first-order valence-corrected chi connectivity index (χ1v) is 5.76. The molecule has 1 unspecified atom stereocenters. The van der Waals surface area contributed by atoms with Gasteiger partial charge >= 0.3 is 0 Å². The number of hydrogen-bond donors (Lipinski definition) is 1. The summed E-state index contributed by atoms with van der Waals surface area (Å²) in [6.45, 7) is 5.51. The van der Waals surface area contributed by atoms with Crippen molar-refractivity contribution in [1.82, 2.24) is 0 Å². The third kappa shape index (κ3) is 3.24. The Morgan fingerprint density at radius 2 is 1.87 bits per heavy atom. The minimum absolute atomic E-state index is 0.228. The van der Waals surface area contributed by atoms with Crippen LogP contribution in [0.2, 0.25) is 0 Å². The summed E-state index contributed by atoms with van der Waals surface area (Å²) in [5, 5.41) is 9.34. The van der Waals surface area contributed by atoms with Gasteiger partial charge in [-0.2, -0.15) is 0 Å². The van der Waals surface area contributed by atoms with Crippen LogP contribution in [0.5, 0.6) is 0 Å². The first-order valence-electron chi connectivity index (χ1n) is 5.76. The molecule has 0 aromatic heterocycles. The number of aliphatic hydroxyl groups is 1. The van der Waals surface area contributed by atoms with Gasteiger partial charge in [-0.25, -0.2) is 0 Å². The number of aliphatic hydroxyl groups excluding tert-OH is 1. The van der Waals surface area contributed by atoms with Crippen molar-refractivity contribution in [3.63, 3.8) is 0 Å². The molecule has 0 heterocycles. The lowest BCUT2D eigenvalue weighted by Crippen LogP contribution is -2.38. The molecule has 0 amide bonds. The van der Waals surface area contributed by atoms with Gasteiger partial charge in [0.1, 0.15) is 0 Å². The SMILES string of the molecule is CCCN(c1ccccc1)C(CC)CO. The maximum Gasteiger partial charge on any atom is 0.0634 e. The van der Waals surface area contributed by atoms with Gasteiger partial charge in [-0.15, -0.1) is 0 Å². The molecular formula is C13H21NO. The van der Waals surface area contributed by atoms with Crippen molar-refractivity contribution < 1.29 is 5.11 Å². The zero-order valence-electron chi connectivity index (χ0n) is 9.69. The number of rotatable bonds is 6. The smallest absolute Gasteiger partial charge is 0.0634 e. The van der Waals surface area contributed by atoms with Gasteiger partial charge in [0.25, 0.3) is 0 Å². The summed E-state index contributed by atoms with van der Waals surface area (Å²) in [7, 11) is 0. The number of benzene rings is 1. The molecule has 0 radical (unpaired) electrons. The van der Waals surface area contributed by atoms with E-state index in [9.17, 15) is 5.11 Å². The van der Waals surface area contributed by atoms with E-state index in [4.69, 9.17) is 0 Å². The lowest BCUT2D eigenvalue weighted by atomic mass is 10.1. The highest BCUT2D eigenvalue weighted by Crippen LogP contribution is 2.18. The van der Waals surface area contributed by atoms with Crippen LogP contribution < -0.4 is 4.90 Å². The van der Waals surface area contributed by atoms with E-state index in [2.05, 4.69) is 30.9 Å². The van der Waals surface area contributed by atoms with Crippen molar-refractivity contribution in [1.29, 1.82) is 0 Å². The van der Waals surface area contributed by atoms with E-state index in [1.54, 1.807) is 0 Å². The molecule has 0 spiro atoms. The summed E-state index contributed by atoms with van der Waals surface area (Å²) < 4.78 is 0. The predicted molar refractivity (Wildman–Crippen MR) is 65.2 cm³/mol. The largest absolute Gasteiger partial charge is 0.394 e. The maximum atomic E-state index is 9.34. The molecule has 1 atom stereocenters. The van der Waals surface area contributed by atoms with E-state index in [1.807, 2.05) is 18.2 Å². The fraction of sp³-hybridized carbons (Fsp3) is 0.538. The Labute approximate surface area is 92.5 Å². The predicted octanol–water partition coefficient (Wildman–Crippen LogP) is 2.67. The molecule has 0 saturated carbocycles. The molecular weight excluding hydrogens is 186 g/mol. The van der Waals surface area contributed by atoms with E-state index in [0.717, 1.165) is 19.4 Å². The number of para-hydroxylation sites is 1. The number of anilines is 1. The van der Waals surface area contributed by atoms with Crippen LogP contribution in [0.1, 0.15) is 26.7 Å². The van der Waals surface area contributed by atoms with Gasteiger partial charge in [0.15, 0.2) is 0 Å². The minimum Gasteiger partial charge on any atom is -0.394 e. The van der Waals surface area contributed by atoms with Crippen LogP contribution in [-0.4, -0.2) is 24.3 Å². The van der Waals surface area contributed by atoms with Crippen LogP contribution in [-0.2, 0) is 0 Å². The Hall–Kier alpha value is -1.02. The van der Waals surface area contributed by atoms with Gasteiger partial charge in [-0.1, -0.05) is 32.0 Å². The van der Waals surface area contributed by atoms with Gasteiger partial charge in [0.2, 0.25) is 0 Å². The number of nitrogens with zero attached hydrogens (tertiary/aromatic N) is 1. The zero-order chi connectivity index (χ0) is 11.1. The van der Waals surface area contributed by atoms with Gasteiger partial charge in [-0.05, 0) is 25.0 Å². The molecule has 0 fully saturated rings. The summed E-state index contributed by atoms with van der Waals surface area (Å²) in [6, 6.07) is 10.6. The average molecular weight is 207 g/mol. The lowest BCUT2D eigenvalue weighted by Gasteiger charge is -2.31. The maximum absolute atomic E-state index is 9.34. The second-order valence-electron chi connectivity index (χ2n) is 3.77. The Kier molecular flexibility index (Phi) is 5.19. The van der Waals surface area contributed by atoms with E-state index >= 15 is 0 Å². The van der Waals surface area contributed by atoms with Crippen LogP contribution in [0.25, 0.3) is 0 Å². The first kappa shape index (κ1) is 12.1. The Morgan fingerprint density at radius 1 is 1.20 bits per heavy atom. The van der Waals surface area contributed by atoms with Gasteiger partial charge < -0.3 is 10.0 Å². The molecule has 1 aromatic rings. The third-order valence-electron chi connectivity index (χ3n) is 2.68. The monoisotopic (exact) mass is 207 g/mol. The van der Waals surface area contributed by atoms with Crippen LogP contribution in [0.3, 0.4) is 0 Å². The molecule has 0 bridgehead atoms. The van der Waals surface area contributed by atoms with Crippen molar-refractivity contribution >= 4 is 5.69 Å². The van der Waals surface area contributed by atoms with E-state index in [1.165, 1.54) is 5.69 Å². The molecule has 15 heavy (non-hydrogen) atoms. The lowest BCUT2D eigenvalue weighted by molar-refractivity contribution is 0.255. The summed E-state index contributed by atoms with van der Waals surface area (Å²) >= 11 is 0. The molecule has 2 nitrogen and oxygen atoms in total. The summed E-state index contributed by atoms with van der Waals surface area (Å²) in [6.07, 6.45) is 2.08.